The van der Waals surface area contributed by atoms with Crippen LogP contribution in [-0.4, -0.2) is 56.1 Å². The van der Waals surface area contributed by atoms with Crippen molar-refractivity contribution in [1.29, 1.82) is 0 Å². The summed E-state index contributed by atoms with van der Waals surface area (Å²) >= 11 is 1.46. The second kappa shape index (κ2) is 11.7. The van der Waals surface area contributed by atoms with E-state index in [1.165, 1.54) is 11.8 Å². The molecule has 0 fully saturated rings. The molecular weight excluding hydrogens is 350 g/mol. The molecule has 0 radical (unpaired) electrons. The van der Waals surface area contributed by atoms with Gasteiger partial charge in [-0.05, 0) is 32.9 Å². The zero-order valence-electron chi connectivity index (χ0n) is 16.4. The Hall–Kier alpha value is -1.89. The Kier molecular flexibility index (Phi) is 9.95. The fourth-order valence-corrected chi connectivity index (χ4v) is 2.90. The number of carbonyl (C=O) groups is 2. The van der Waals surface area contributed by atoms with Crippen LogP contribution in [0.2, 0.25) is 0 Å². The Morgan fingerprint density at radius 1 is 1.19 bits per heavy atom. The molecule has 0 aromatic heterocycles. The summed E-state index contributed by atoms with van der Waals surface area (Å²) in [5, 5.41) is 5.70. The number of hydrogen-bond acceptors (Lipinski definition) is 5. The molecule has 7 heteroatoms. The molecule has 0 heterocycles. The molecule has 0 bridgehead atoms. The molecule has 1 aromatic carbocycles. The summed E-state index contributed by atoms with van der Waals surface area (Å²) in [6.45, 7) is 6.22. The summed E-state index contributed by atoms with van der Waals surface area (Å²) in [6.07, 6.45) is 0.302. The van der Waals surface area contributed by atoms with E-state index in [0.717, 1.165) is 11.4 Å². The molecule has 0 spiro atoms. The van der Waals surface area contributed by atoms with Gasteiger partial charge in [0, 0.05) is 44.1 Å². The van der Waals surface area contributed by atoms with Gasteiger partial charge in [-0.15, -0.1) is 0 Å². The van der Waals surface area contributed by atoms with Crippen molar-refractivity contribution in [2.24, 2.45) is 0 Å². The highest BCUT2D eigenvalue weighted by Gasteiger charge is 2.09. The van der Waals surface area contributed by atoms with Crippen LogP contribution in [0.3, 0.4) is 0 Å². The number of thioether (sulfide) groups is 1. The van der Waals surface area contributed by atoms with Gasteiger partial charge in [0.2, 0.25) is 11.8 Å². The van der Waals surface area contributed by atoms with Crippen molar-refractivity contribution >= 4 is 29.3 Å². The van der Waals surface area contributed by atoms with E-state index in [1.807, 2.05) is 64.0 Å². The Balaban J connectivity index is 2.21. The smallest absolute Gasteiger partial charge is 0.230 e. The van der Waals surface area contributed by atoms with Gasteiger partial charge >= 0.3 is 0 Å². The Labute approximate surface area is 161 Å². The van der Waals surface area contributed by atoms with Crippen molar-refractivity contribution in [3.8, 4) is 5.75 Å². The normalized spacial score (nSPS) is 11.8. The number of anilines is 1. The highest BCUT2D eigenvalue weighted by molar-refractivity contribution is 7.99. The zero-order chi connectivity index (χ0) is 19.5. The van der Waals surface area contributed by atoms with Crippen LogP contribution in [0.5, 0.6) is 5.75 Å². The number of hydrogen-bond donors (Lipinski definition) is 2. The van der Waals surface area contributed by atoms with Gasteiger partial charge in [0.15, 0.2) is 0 Å². The average molecular weight is 382 g/mol. The highest BCUT2D eigenvalue weighted by Crippen LogP contribution is 2.20. The Morgan fingerprint density at radius 2 is 1.92 bits per heavy atom. The molecule has 26 heavy (non-hydrogen) atoms. The summed E-state index contributed by atoms with van der Waals surface area (Å²) in [6, 6.07) is 7.98. The second-order valence-electron chi connectivity index (χ2n) is 6.65. The van der Waals surface area contributed by atoms with E-state index < -0.39 is 0 Å². The molecule has 2 amide bonds. The fraction of sp³-hybridized carbons (Fsp3) is 0.579. The first-order chi connectivity index (χ1) is 12.3. The lowest BCUT2D eigenvalue weighted by Gasteiger charge is -2.18. The number of nitrogens with zero attached hydrogens (tertiary/aromatic N) is 1. The molecule has 0 aliphatic carbocycles. The van der Waals surface area contributed by atoms with Crippen molar-refractivity contribution in [3.05, 3.63) is 24.3 Å². The predicted octanol–water partition coefficient (Wildman–Crippen LogP) is 2.28. The maximum atomic E-state index is 11.9. The van der Waals surface area contributed by atoms with E-state index in [-0.39, 0.29) is 24.0 Å². The van der Waals surface area contributed by atoms with Gasteiger partial charge in [-0.25, -0.2) is 0 Å². The maximum Gasteiger partial charge on any atom is 0.230 e. The van der Waals surface area contributed by atoms with E-state index in [0.29, 0.717) is 24.5 Å². The van der Waals surface area contributed by atoms with Crippen molar-refractivity contribution < 1.29 is 14.3 Å². The van der Waals surface area contributed by atoms with Crippen molar-refractivity contribution in [2.75, 3.05) is 37.0 Å². The average Bonchev–Trinajstić information content (AvgIpc) is 2.56. The number of amides is 2. The number of benzene rings is 1. The van der Waals surface area contributed by atoms with Crippen LogP contribution in [-0.2, 0) is 9.59 Å². The first kappa shape index (κ1) is 22.2. The van der Waals surface area contributed by atoms with Crippen LogP contribution in [0.15, 0.2) is 24.3 Å². The molecule has 6 nitrogen and oxygen atoms in total. The van der Waals surface area contributed by atoms with Gasteiger partial charge in [-0.1, -0.05) is 6.07 Å². The number of carbonyl (C=O) groups excluding carboxylic acids is 2. The molecule has 1 aromatic rings. The van der Waals surface area contributed by atoms with Gasteiger partial charge in [-0.3, -0.25) is 9.59 Å². The minimum atomic E-state index is -0.127. The SMILES string of the molecule is CC(C)NC(=O)CCSCC(=O)NCC(C)Oc1cccc(N(C)C)c1. The van der Waals surface area contributed by atoms with Gasteiger partial charge in [0.1, 0.15) is 11.9 Å². The minimum absolute atomic E-state index is 0.0230. The molecule has 0 saturated carbocycles. The van der Waals surface area contributed by atoms with Crippen molar-refractivity contribution in [3.63, 3.8) is 0 Å². The highest BCUT2D eigenvalue weighted by atomic mass is 32.2. The quantitative estimate of drug-likeness (QED) is 0.576. The predicted molar refractivity (Wildman–Crippen MR) is 109 cm³/mol. The van der Waals surface area contributed by atoms with Gasteiger partial charge in [-0.2, -0.15) is 11.8 Å². The number of rotatable bonds is 11. The van der Waals surface area contributed by atoms with Crippen LogP contribution in [0, 0.1) is 0 Å². The third-order valence-electron chi connectivity index (χ3n) is 3.41. The third-order valence-corrected chi connectivity index (χ3v) is 4.37. The molecular formula is C19H31N3O3S. The molecule has 1 rings (SSSR count). The maximum absolute atomic E-state index is 11.9. The second-order valence-corrected chi connectivity index (χ2v) is 7.75. The van der Waals surface area contributed by atoms with Crippen LogP contribution < -0.4 is 20.3 Å². The lowest BCUT2D eigenvalue weighted by atomic mass is 10.3. The van der Waals surface area contributed by atoms with Crippen LogP contribution >= 0.6 is 11.8 Å². The van der Waals surface area contributed by atoms with Crippen LogP contribution in [0.1, 0.15) is 27.2 Å². The van der Waals surface area contributed by atoms with Crippen LogP contribution in [0.25, 0.3) is 0 Å². The third kappa shape index (κ3) is 9.56. The van der Waals surface area contributed by atoms with E-state index in [1.54, 1.807) is 0 Å². The summed E-state index contributed by atoms with van der Waals surface area (Å²) in [5.74, 6) is 1.74. The summed E-state index contributed by atoms with van der Waals surface area (Å²) in [5.41, 5.74) is 1.07. The van der Waals surface area contributed by atoms with E-state index in [2.05, 4.69) is 10.6 Å². The Bertz CT molecular complexity index is 579. The summed E-state index contributed by atoms with van der Waals surface area (Å²) in [7, 11) is 3.96. The van der Waals surface area contributed by atoms with E-state index in [9.17, 15) is 9.59 Å². The summed E-state index contributed by atoms with van der Waals surface area (Å²) in [4.78, 5) is 25.4. The molecule has 1 atom stereocenters. The van der Waals surface area contributed by atoms with Crippen molar-refractivity contribution in [1.82, 2.24) is 10.6 Å². The first-order valence-corrected chi connectivity index (χ1v) is 10.0. The lowest BCUT2D eigenvalue weighted by molar-refractivity contribution is -0.121. The van der Waals surface area contributed by atoms with Gasteiger partial charge < -0.3 is 20.3 Å². The first-order valence-electron chi connectivity index (χ1n) is 8.85. The van der Waals surface area contributed by atoms with Crippen molar-refractivity contribution in [2.45, 2.75) is 39.3 Å². The Morgan fingerprint density at radius 3 is 2.58 bits per heavy atom. The molecule has 0 aliphatic heterocycles. The zero-order valence-corrected chi connectivity index (χ0v) is 17.2. The molecule has 0 saturated heterocycles. The van der Waals surface area contributed by atoms with Gasteiger partial charge in [0.05, 0.1) is 12.3 Å². The topological polar surface area (TPSA) is 70.7 Å². The summed E-state index contributed by atoms with van der Waals surface area (Å²) < 4.78 is 5.85. The fourth-order valence-electron chi connectivity index (χ4n) is 2.14. The molecule has 0 aliphatic rings. The molecule has 1 unspecified atom stereocenters. The number of nitrogens with one attached hydrogen (secondary N) is 2. The standard InChI is InChI=1S/C19H31N3O3S/c1-14(2)21-18(23)9-10-26-13-19(24)20-12-15(3)25-17-8-6-7-16(11-17)22(4)5/h6-8,11,14-15H,9-10,12-13H2,1-5H3,(H,20,24)(H,21,23). The lowest BCUT2D eigenvalue weighted by Crippen LogP contribution is -2.34. The van der Waals surface area contributed by atoms with E-state index >= 15 is 0 Å². The van der Waals surface area contributed by atoms with E-state index in [4.69, 9.17) is 4.74 Å². The van der Waals surface area contributed by atoms with Crippen LogP contribution in [0.4, 0.5) is 5.69 Å². The largest absolute Gasteiger partial charge is 0.489 e. The monoisotopic (exact) mass is 381 g/mol. The molecule has 146 valence electrons. The van der Waals surface area contributed by atoms with Gasteiger partial charge in [0.25, 0.3) is 0 Å². The molecule has 2 N–H and O–H groups in total. The number of ether oxygens (including phenoxy) is 1. The minimum Gasteiger partial charge on any atom is -0.489 e.